The van der Waals surface area contributed by atoms with Crippen molar-refractivity contribution in [2.75, 3.05) is 0 Å². The van der Waals surface area contributed by atoms with E-state index in [2.05, 4.69) is 34.8 Å². The van der Waals surface area contributed by atoms with Gasteiger partial charge in [0.1, 0.15) is 0 Å². The number of aromatic nitrogens is 3. The summed E-state index contributed by atoms with van der Waals surface area (Å²) in [5.74, 6) is 0. The van der Waals surface area contributed by atoms with Gasteiger partial charge in [-0.05, 0) is 18.1 Å². The van der Waals surface area contributed by atoms with E-state index in [1.807, 2.05) is 35.2 Å². The van der Waals surface area contributed by atoms with Crippen molar-refractivity contribution in [3.8, 4) is 0 Å². The molecule has 0 unspecified atom stereocenters. The van der Waals surface area contributed by atoms with Crippen LogP contribution in [0.1, 0.15) is 17.7 Å². The molecule has 86 valence electrons. The molecule has 0 aliphatic heterocycles. The van der Waals surface area contributed by atoms with Crippen LogP contribution in [-0.4, -0.2) is 15.0 Å². The highest BCUT2D eigenvalue weighted by Gasteiger charge is 2.01. The molecule has 0 saturated carbocycles. The smallest absolute Gasteiger partial charge is 0.0870 e. The molecule has 3 nitrogen and oxygen atoms in total. The minimum absolute atomic E-state index is 0.824. The van der Waals surface area contributed by atoms with Gasteiger partial charge in [0.25, 0.3) is 0 Å². The number of hydrogen-bond acceptors (Lipinski definition) is 2. The highest BCUT2D eigenvalue weighted by molar-refractivity contribution is 5.19. The van der Waals surface area contributed by atoms with Gasteiger partial charge >= 0.3 is 0 Å². The van der Waals surface area contributed by atoms with E-state index in [-0.39, 0.29) is 0 Å². The fourth-order valence-corrected chi connectivity index (χ4v) is 1.63. The summed E-state index contributed by atoms with van der Waals surface area (Å²) in [6.45, 7) is 4.35. The number of allylic oxidation sites excluding steroid dienone is 1. The topological polar surface area (TPSA) is 30.7 Å². The Labute approximate surface area is 101 Å². The molecule has 0 N–H and O–H groups in total. The number of benzene rings is 1. The quantitative estimate of drug-likeness (QED) is 0.732. The highest BCUT2D eigenvalue weighted by atomic mass is 15.4. The Morgan fingerprint density at radius 3 is 2.88 bits per heavy atom. The van der Waals surface area contributed by atoms with Crippen LogP contribution < -0.4 is 0 Å². The second-order valence-corrected chi connectivity index (χ2v) is 3.83. The molecular weight excluding hydrogens is 210 g/mol. The van der Waals surface area contributed by atoms with Gasteiger partial charge in [0.2, 0.25) is 0 Å². The van der Waals surface area contributed by atoms with Crippen LogP contribution in [0.4, 0.5) is 0 Å². The van der Waals surface area contributed by atoms with Crippen molar-refractivity contribution >= 4 is 0 Å². The Balaban J connectivity index is 1.96. The maximum Gasteiger partial charge on any atom is 0.0870 e. The number of hydrogen-bond donors (Lipinski definition) is 0. The third kappa shape index (κ3) is 3.44. The van der Waals surface area contributed by atoms with Crippen molar-refractivity contribution in [1.82, 2.24) is 15.0 Å². The predicted octanol–water partition coefficient (Wildman–Crippen LogP) is 2.60. The first-order chi connectivity index (χ1) is 8.38. The summed E-state index contributed by atoms with van der Waals surface area (Å²) in [7, 11) is 0. The van der Waals surface area contributed by atoms with Crippen molar-refractivity contribution in [2.45, 2.75) is 19.4 Å². The maximum atomic E-state index is 4.15. The highest BCUT2D eigenvalue weighted by Crippen LogP contribution is 2.06. The Hall–Kier alpha value is -2.12. The summed E-state index contributed by atoms with van der Waals surface area (Å²) < 4.78 is 1.85. The standard InChI is InChI=1S/C14H15N3/c1-2-3-7-10-17-12-14(15-16-17)11-13-8-5-4-6-9-13/h3-6,8-9,12H,1,7,10-11H2. The molecule has 1 aromatic carbocycles. The molecule has 0 aliphatic carbocycles. The fourth-order valence-electron chi connectivity index (χ4n) is 1.63. The van der Waals surface area contributed by atoms with E-state index in [0.717, 1.165) is 25.1 Å². The molecule has 2 aromatic rings. The first kappa shape index (κ1) is 11.4. The first-order valence-corrected chi connectivity index (χ1v) is 5.65. The van der Waals surface area contributed by atoms with Gasteiger partial charge in [0.15, 0.2) is 0 Å². The monoisotopic (exact) mass is 225 g/mol. The number of rotatable bonds is 5. The molecule has 0 amide bonds. The van der Waals surface area contributed by atoms with E-state index >= 15 is 0 Å². The lowest BCUT2D eigenvalue weighted by Gasteiger charge is -1.96. The predicted molar refractivity (Wildman–Crippen MR) is 67.6 cm³/mol. The van der Waals surface area contributed by atoms with Crippen LogP contribution in [0.15, 0.2) is 54.9 Å². The largest absolute Gasteiger partial charge is 0.252 e. The molecule has 0 fully saturated rings. The summed E-state index contributed by atoms with van der Waals surface area (Å²) in [6, 6.07) is 10.3. The molecule has 2 rings (SSSR count). The lowest BCUT2D eigenvalue weighted by molar-refractivity contribution is 0.596. The summed E-state index contributed by atoms with van der Waals surface area (Å²) in [6.07, 6.45) is 5.61. The zero-order valence-electron chi connectivity index (χ0n) is 9.71. The van der Waals surface area contributed by atoms with E-state index in [9.17, 15) is 0 Å². The molecule has 0 spiro atoms. The van der Waals surface area contributed by atoms with E-state index in [0.29, 0.717) is 0 Å². The molecule has 0 bridgehead atoms. The van der Waals surface area contributed by atoms with Crippen LogP contribution in [0.5, 0.6) is 0 Å². The van der Waals surface area contributed by atoms with E-state index < -0.39 is 0 Å². The van der Waals surface area contributed by atoms with Gasteiger partial charge in [-0.15, -0.1) is 10.8 Å². The van der Waals surface area contributed by atoms with E-state index in [4.69, 9.17) is 0 Å². The van der Waals surface area contributed by atoms with Gasteiger partial charge < -0.3 is 0 Å². The van der Waals surface area contributed by atoms with Gasteiger partial charge in [-0.3, -0.25) is 4.68 Å². The maximum absolute atomic E-state index is 4.15. The minimum atomic E-state index is 0.824. The summed E-state index contributed by atoms with van der Waals surface area (Å²) in [4.78, 5) is 0. The summed E-state index contributed by atoms with van der Waals surface area (Å²) in [5.41, 5.74) is 5.00. The average molecular weight is 225 g/mol. The first-order valence-electron chi connectivity index (χ1n) is 5.65. The fraction of sp³-hybridized carbons (Fsp3) is 0.214. The van der Waals surface area contributed by atoms with Crippen LogP contribution in [0, 0.1) is 0 Å². The Bertz CT molecular complexity index is 507. The normalized spacial score (nSPS) is 9.88. The van der Waals surface area contributed by atoms with Crippen LogP contribution in [0.3, 0.4) is 0 Å². The zero-order chi connectivity index (χ0) is 11.9. The number of nitrogens with zero attached hydrogens (tertiary/aromatic N) is 3. The SMILES string of the molecule is C=C=CCCn1cc(Cc2ccccc2)nn1. The molecule has 1 heterocycles. The second kappa shape index (κ2) is 5.83. The van der Waals surface area contributed by atoms with Crippen molar-refractivity contribution in [1.29, 1.82) is 0 Å². The summed E-state index contributed by atoms with van der Waals surface area (Å²) in [5, 5.41) is 8.24. The van der Waals surface area contributed by atoms with E-state index in [1.54, 1.807) is 0 Å². The average Bonchev–Trinajstić information content (AvgIpc) is 2.79. The van der Waals surface area contributed by atoms with Crippen molar-refractivity contribution in [3.05, 3.63) is 66.2 Å². The number of aryl methyl sites for hydroxylation is 1. The summed E-state index contributed by atoms with van der Waals surface area (Å²) >= 11 is 0. The van der Waals surface area contributed by atoms with Crippen LogP contribution in [0.25, 0.3) is 0 Å². The lowest BCUT2D eigenvalue weighted by atomic mass is 10.1. The van der Waals surface area contributed by atoms with E-state index in [1.165, 1.54) is 5.56 Å². The van der Waals surface area contributed by atoms with Gasteiger partial charge in [-0.1, -0.05) is 42.1 Å². The van der Waals surface area contributed by atoms with Crippen LogP contribution >= 0.6 is 0 Å². The molecule has 0 saturated heterocycles. The second-order valence-electron chi connectivity index (χ2n) is 3.83. The van der Waals surface area contributed by atoms with Gasteiger partial charge in [-0.2, -0.15) is 0 Å². The molecular formula is C14H15N3. The van der Waals surface area contributed by atoms with Gasteiger partial charge in [-0.25, -0.2) is 0 Å². The van der Waals surface area contributed by atoms with Gasteiger partial charge in [0, 0.05) is 19.2 Å². The van der Waals surface area contributed by atoms with Crippen LogP contribution in [-0.2, 0) is 13.0 Å². The molecule has 0 atom stereocenters. The molecule has 0 radical (unpaired) electrons. The Morgan fingerprint density at radius 2 is 2.12 bits per heavy atom. The zero-order valence-corrected chi connectivity index (χ0v) is 9.71. The third-order valence-corrected chi connectivity index (χ3v) is 2.46. The minimum Gasteiger partial charge on any atom is -0.252 e. The Morgan fingerprint density at radius 1 is 1.29 bits per heavy atom. The molecule has 0 aliphatic rings. The third-order valence-electron chi connectivity index (χ3n) is 2.46. The van der Waals surface area contributed by atoms with Crippen molar-refractivity contribution in [3.63, 3.8) is 0 Å². The molecule has 1 aromatic heterocycles. The molecule has 3 heteroatoms. The van der Waals surface area contributed by atoms with Gasteiger partial charge in [0.05, 0.1) is 5.69 Å². The molecule has 17 heavy (non-hydrogen) atoms. The lowest BCUT2D eigenvalue weighted by Crippen LogP contribution is -1.96. The Kier molecular flexibility index (Phi) is 3.90. The van der Waals surface area contributed by atoms with Crippen molar-refractivity contribution in [2.24, 2.45) is 0 Å². The van der Waals surface area contributed by atoms with Crippen molar-refractivity contribution < 1.29 is 0 Å². The van der Waals surface area contributed by atoms with Crippen LogP contribution in [0.2, 0.25) is 0 Å².